The lowest BCUT2D eigenvalue weighted by atomic mass is 10.1. The van der Waals surface area contributed by atoms with Gasteiger partial charge in [0.1, 0.15) is 0 Å². The molecule has 20 heavy (non-hydrogen) atoms. The number of hydrogen-bond acceptors (Lipinski definition) is 3. The molecular weight excluding hydrogens is 254 g/mol. The molecule has 1 amide bonds. The molecule has 0 unspecified atom stereocenters. The molecule has 1 fully saturated rings. The molecule has 0 aliphatic carbocycles. The molecule has 0 bridgehead atoms. The SMILES string of the molecule is CCCCCOC(=O)CCCCC(=O)N1CCCCC1. The Bertz CT molecular complexity index is 285. The fourth-order valence-electron chi connectivity index (χ4n) is 2.46. The van der Waals surface area contributed by atoms with Crippen LogP contribution in [0.25, 0.3) is 0 Å². The Labute approximate surface area is 122 Å². The van der Waals surface area contributed by atoms with Crippen LogP contribution in [0, 0.1) is 0 Å². The lowest BCUT2D eigenvalue weighted by Gasteiger charge is -2.26. The highest BCUT2D eigenvalue weighted by Gasteiger charge is 2.15. The van der Waals surface area contributed by atoms with E-state index in [1.165, 1.54) is 6.42 Å². The van der Waals surface area contributed by atoms with Crippen LogP contribution in [0.4, 0.5) is 0 Å². The second-order valence-corrected chi connectivity index (χ2v) is 5.58. The van der Waals surface area contributed by atoms with Gasteiger partial charge in [-0.3, -0.25) is 9.59 Å². The Morgan fingerprint density at radius 3 is 2.35 bits per heavy atom. The van der Waals surface area contributed by atoms with Gasteiger partial charge in [-0.15, -0.1) is 0 Å². The van der Waals surface area contributed by atoms with Crippen molar-refractivity contribution in [2.24, 2.45) is 0 Å². The highest BCUT2D eigenvalue weighted by molar-refractivity contribution is 5.76. The van der Waals surface area contributed by atoms with Gasteiger partial charge in [-0.25, -0.2) is 0 Å². The molecule has 4 nitrogen and oxygen atoms in total. The maximum absolute atomic E-state index is 11.9. The van der Waals surface area contributed by atoms with Crippen molar-refractivity contribution in [3.05, 3.63) is 0 Å². The lowest BCUT2D eigenvalue weighted by Crippen LogP contribution is -2.35. The van der Waals surface area contributed by atoms with E-state index in [0.717, 1.165) is 58.0 Å². The van der Waals surface area contributed by atoms with Crippen LogP contribution < -0.4 is 0 Å². The summed E-state index contributed by atoms with van der Waals surface area (Å²) in [5, 5.41) is 0. The summed E-state index contributed by atoms with van der Waals surface area (Å²) in [4.78, 5) is 25.3. The van der Waals surface area contributed by atoms with Crippen LogP contribution in [0.3, 0.4) is 0 Å². The monoisotopic (exact) mass is 283 g/mol. The third-order valence-corrected chi connectivity index (χ3v) is 3.74. The van der Waals surface area contributed by atoms with Crippen LogP contribution in [0.2, 0.25) is 0 Å². The number of likely N-dealkylation sites (tertiary alicyclic amines) is 1. The van der Waals surface area contributed by atoms with E-state index in [1.54, 1.807) is 0 Å². The van der Waals surface area contributed by atoms with Crippen molar-refractivity contribution in [2.45, 2.75) is 71.1 Å². The standard InChI is InChI=1S/C16H29NO3/c1-2-3-9-14-20-16(19)11-6-5-10-15(18)17-12-7-4-8-13-17/h2-14H2,1H3. The van der Waals surface area contributed by atoms with E-state index in [-0.39, 0.29) is 11.9 Å². The van der Waals surface area contributed by atoms with Gasteiger partial charge in [0.2, 0.25) is 5.91 Å². The molecule has 1 heterocycles. The summed E-state index contributed by atoms with van der Waals surface area (Å²) in [6.45, 7) is 4.50. The number of ether oxygens (including phenoxy) is 1. The Hall–Kier alpha value is -1.06. The number of carbonyl (C=O) groups is 2. The van der Waals surface area contributed by atoms with Crippen molar-refractivity contribution < 1.29 is 14.3 Å². The maximum atomic E-state index is 11.9. The predicted octanol–water partition coefficient (Wildman–Crippen LogP) is 3.29. The molecule has 0 atom stereocenters. The molecule has 0 aromatic carbocycles. The summed E-state index contributed by atoms with van der Waals surface area (Å²) >= 11 is 0. The summed E-state index contributed by atoms with van der Waals surface area (Å²) in [7, 11) is 0. The molecule has 4 heteroatoms. The molecule has 1 aliphatic rings. The van der Waals surface area contributed by atoms with Gasteiger partial charge in [0.25, 0.3) is 0 Å². The van der Waals surface area contributed by atoms with Gasteiger partial charge >= 0.3 is 5.97 Å². The molecule has 1 rings (SSSR count). The Balaban J connectivity index is 1.97. The summed E-state index contributed by atoms with van der Waals surface area (Å²) < 4.78 is 5.13. The van der Waals surface area contributed by atoms with E-state index in [9.17, 15) is 9.59 Å². The first-order chi connectivity index (χ1) is 9.74. The van der Waals surface area contributed by atoms with E-state index < -0.39 is 0 Å². The first kappa shape index (κ1) is 17.0. The van der Waals surface area contributed by atoms with Gasteiger partial charge in [-0.2, -0.15) is 0 Å². The predicted molar refractivity (Wildman–Crippen MR) is 79.4 cm³/mol. The van der Waals surface area contributed by atoms with Gasteiger partial charge < -0.3 is 9.64 Å². The summed E-state index contributed by atoms with van der Waals surface area (Å²) in [6, 6.07) is 0. The average molecular weight is 283 g/mol. The van der Waals surface area contributed by atoms with Gasteiger partial charge in [0.05, 0.1) is 6.61 Å². The van der Waals surface area contributed by atoms with Gasteiger partial charge in [0, 0.05) is 25.9 Å². The number of unbranched alkanes of at least 4 members (excludes halogenated alkanes) is 3. The van der Waals surface area contributed by atoms with Gasteiger partial charge in [0.15, 0.2) is 0 Å². The van der Waals surface area contributed by atoms with Gasteiger partial charge in [-0.1, -0.05) is 19.8 Å². The number of rotatable bonds is 9. The molecule has 1 aliphatic heterocycles. The number of piperidine rings is 1. The third kappa shape index (κ3) is 7.51. The van der Waals surface area contributed by atoms with Crippen molar-refractivity contribution in [2.75, 3.05) is 19.7 Å². The van der Waals surface area contributed by atoms with Crippen LogP contribution in [0.15, 0.2) is 0 Å². The van der Waals surface area contributed by atoms with Crippen LogP contribution in [0.1, 0.15) is 71.1 Å². The van der Waals surface area contributed by atoms with Crippen LogP contribution in [-0.2, 0) is 14.3 Å². The third-order valence-electron chi connectivity index (χ3n) is 3.74. The zero-order valence-electron chi connectivity index (χ0n) is 12.9. The van der Waals surface area contributed by atoms with Crippen molar-refractivity contribution in [1.82, 2.24) is 4.90 Å². The smallest absolute Gasteiger partial charge is 0.305 e. The molecular formula is C16H29NO3. The molecule has 116 valence electrons. The summed E-state index contributed by atoms with van der Waals surface area (Å²) in [6.07, 6.45) is 9.27. The van der Waals surface area contributed by atoms with E-state index in [1.807, 2.05) is 4.90 Å². The summed E-state index contributed by atoms with van der Waals surface area (Å²) in [5.74, 6) is 0.132. The first-order valence-corrected chi connectivity index (χ1v) is 8.17. The van der Waals surface area contributed by atoms with Crippen LogP contribution >= 0.6 is 0 Å². The number of nitrogens with zero attached hydrogens (tertiary/aromatic N) is 1. The van der Waals surface area contributed by atoms with E-state index in [0.29, 0.717) is 19.4 Å². The topological polar surface area (TPSA) is 46.6 Å². The van der Waals surface area contributed by atoms with E-state index >= 15 is 0 Å². The molecule has 1 saturated heterocycles. The summed E-state index contributed by atoms with van der Waals surface area (Å²) in [5.41, 5.74) is 0. The largest absolute Gasteiger partial charge is 0.466 e. The molecule has 0 radical (unpaired) electrons. The highest BCUT2D eigenvalue weighted by Crippen LogP contribution is 2.12. The maximum Gasteiger partial charge on any atom is 0.305 e. The first-order valence-electron chi connectivity index (χ1n) is 8.17. The average Bonchev–Trinajstić information content (AvgIpc) is 2.49. The minimum absolute atomic E-state index is 0.119. The van der Waals surface area contributed by atoms with Crippen LogP contribution in [-0.4, -0.2) is 36.5 Å². The normalized spacial score (nSPS) is 15.2. The Morgan fingerprint density at radius 2 is 1.65 bits per heavy atom. The molecule has 0 saturated carbocycles. The molecule has 0 aromatic rings. The lowest BCUT2D eigenvalue weighted by molar-refractivity contribution is -0.144. The number of amides is 1. The minimum atomic E-state index is -0.119. The number of hydrogen-bond donors (Lipinski definition) is 0. The minimum Gasteiger partial charge on any atom is -0.466 e. The molecule has 0 spiro atoms. The Morgan fingerprint density at radius 1 is 0.950 bits per heavy atom. The Kier molecular flexibility index (Phi) is 9.09. The fraction of sp³-hybridized carbons (Fsp3) is 0.875. The van der Waals surface area contributed by atoms with E-state index in [2.05, 4.69) is 6.92 Å². The van der Waals surface area contributed by atoms with Crippen molar-refractivity contribution in [3.8, 4) is 0 Å². The molecule has 0 N–H and O–H groups in total. The van der Waals surface area contributed by atoms with Crippen molar-refractivity contribution in [1.29, 1.82) is 0 Å². The highest BCUT2D eigenvalue weighted by atomic mass is 16.5. The van der Waals surface area contributed by atoms with Gasteiger partial charge in [-0.05, 0) is 38.5 Å². The quantitative estimate of drug-likeness (QED) is 0.482. The molecule has 0 aromatic heterocycles. The van der Waals surface area contributed by atoms with E-state index in [4.69, 9.17) is 4.74 Å². The van der Waals surface area contributed by atoms with Crippen molar-refractivity contribution in [3.63, 3.8) is 0 Å². The zero-order valence-corrected chi connectivity index (χ0v) is 12.9. The zero-order chi connectivity index (χ0) is 14.6. The second kappa shape index (κ2) is 10.7. The van der Waals surface area contributed by atoms with Crippen molar-refractivity contribution >= 4 is 11.9 Å². The van der Waals surface area contributed by atoms with Crippen LogP contribution in [0.5, 0.6) is 0 Å². The second-order valence-electron chi connectivity index (χ2n) is 5.58. The number of carbonyl (C=O) groups excluding carboxylic acids is 2. The fourth-order valence-corrected chi connectivity index (χ4v) is 2.46. The number of esters is 1.